The van der Waals surface area contributed by atoms with E-state index in [1.165, 1.54) is 0 Å². The zero-order valence-electron chi connectivity index (χ0n) is 6.53. The van der Waals surface area contributed by atoms with E-state index in [9.17, 15) is 0 Å². The fourth-order valence-corrected chi connectivity index (χ4v) is 1.87. The Bertz CT molecular complexity index is 208. The average Bonchev–Trinajstić information content (AvgIpc) is 2.48. The van der Waals surface area contributed by atoms with Crippen LogP contribution in [0.15, 0.2) is 24.3 Å². The molecule has 1 heterocycles. The maximum Gasteiger partial charge on any atom is 0.0243 e. The van der Waals surface area contributed by atoms with Gasteiger partial charge in [-0.15, -0.1) is 0 Å². The Kier molecular flexibility index (Phi) is 1.59. The Balaban J connectivity index is 2.28. The third kappa shape index (κ3) is 0.940. The van der Waals surface area contributed by atoms with E-state index in [-0.39, 0.29) is 5.41 Å². The minimum Gasteiger partial charge on any atom is -0.330 e. The van der Waals surface area contributed by atoms with Gasteiger partial charge in [0.25, 0.3) is 0 Å². The lowest BCUT2D eigenvalue weighted by Crippen LogP contribution is -2.35. The molecular formula is C9H13N2. The molecule has 2 nitrogen and oxygen atoms in total. The molecule has 2 N–H and O–H groups in total. The second-order valence-corrected chi connectivity index (χ2v) is 3.35. The normalized spacial score (nSPS) is 41.0. The monoisotopic (exact) mass is 149 g/mol. The van der Waals surface area contributed by atoms with Crippen molar-refractivity contribution in [3.8, 4) is 0 Å². The van der Waals surface area contributed by atoms with Crippen molar-refractivity contribution >= 4 is 0 Å². The van der Waals surface area contributed by atoms with E-state index < -0.39 is 0 Å². The van der Waals surface area contributed by atoms with Gasteiger partial charge in [0.05, 0.1) is 0 Å². The smallest absolute Gasteiger partial charge is 0.0243 e. The number of nitrogens with two attached hydrogens (primary N) is 1. The van der Waals surface area contributed by atoms with Gasteiger partial charge in [-0.25, -0.2) is 5.32 Å². The second kappa shape index (κ2) is 2.47. The van der Waals surface area contributed by atoms with E-state index >= 15 is 0 Å². The number of fused-ring (bicyclic) bond motifs is 1. The summed E-state index contributed by atoms with van der Waals surface area (Å²) in [7, 11) is 0. The topological polar surface area (TPSA) is 40.1 Å². The molecular weight excluding hydrogens is 136 g/mol. The van der Waals surface area contributed by atoms with Crippen molar-refractivity contribution in [1.82, 2.24) is 5.32 Å². The van der Waals surface area contributed by atoms with Gasteiger partial charge in [0.1, 0.15) is 0 Å². The molecule has 2 atom stereocenters. The van der Waals surface area contributed by atoms with Crippen molar-refractivity contribution in [2.75, 3.05) is 19.6 Å². The van der Waals surface area contributed by atoms with Crippen LogP contribution in [-0.2, 0) is 0 Å². The molecule has 2 aliphatic rings. The predicted octanol–water partition coefficient (Wildman–Crippen LogP) is 0.292. The Morgan fingerprint density at radius 1 is 1.55 bits per heavy atom. The maximum atomic E-state index is 5.73. The van der Waals surface area contributed by atoms with Gasteiger partial charge in [0.15, 0.2) is 0 Å². The van der Waals surface area contributed by atoms with Crippen molar-refractivity contribution in [3.05, 3.63) is 24.3 Å². The van der Waals surface area contributed by atoms with Crippen LogP contribution in [0.4, 0.5) is 0 Å². The Morgan fingerprint density at radius 3 is 3.18 bits per heavy atom. The minimum atomic E-state index is 0.175. The SMILES string of the molecule is NCC12C=CC=CC1C[N]C2. The molecule has 0 aromatic rings. The largest absolute Gasteiger partial charge is 0.330 e. The van der Waals surface area contributed by atoms with Gasteiger partial charge >= 0.3 is 0 Å². The maximum absolute atomic E-state index is 5.73. The molecule has 0 aromatic heterocycles. The highest BCUT2D eigenvalue weighted by atomic mass is 14.9. The predicted molar refractivity (Wildman–Crippen MR) is 45.1 cm³/mol. The molecule has 0 bridgehead atoms. The minimum absolute atomic E-state index is 0.175. The van der Waals surface area contributed by atoms with Crippen molar-refractivity contribution in [2.24, 2.45) is 17.1 Å². The van der Waals surface area contributed by atoms with Gasteiger partial charge in [0.2, 0.25) is 0 Å². The first-order chi connectivity index (χ1) is 5.37. The number of rotatable bonds is 1. The third-order valence-corrected chi connectivity index (χ3v) is 2.73. The number of hydrogen-bond donors (Lipinski definition) is 1. The summed E-state index contributed by atoms with van der Waals surface area (Å²) in [6.45, 7) is 2.59. The molecule has 1 fully saturated rings. The van der Waals surface area contributed by atoms with E-state index in [0.29, 0.717) is 5.92 Å². The van der Waals surface area contributed by atoms with E-state index in [2.05, 4.69) is 29.6 Å². The molecule has 1 aliphatic carbocycles. The first-order valence-corrected chi connectivity index (χ1v) is 4.07. The van der Waals surface area contributed by atoms with Crippen molar-refractivity contribution < 1.29 is 0 Å². The highest BCUT2D eigenvalue weighted by Crippen LogP contribution is 2.35. The summed E-state index contributed by atoms with van der Waals surface area (Å²) in [5.41, 5.74) is 5.91. The molecule has 2 heteroatoms. The van der Waals surface area contributed by atoms with Crippen LogP contribution in [0.25, 0.3) is 0 Å². The van der Waals surface area contributed by atoms with E-state index in [1.54, 1.807) is 0 Å². The lowest BCUT2D eigenvalue weighted by molar-refractivity contribution is 0.363. The summed E-state index contributed by atoms with van der Waals surface area (Å²) in [6.07, 6.45) is 8.63. The fraction of sp³-hybridized carbons (Fsp3) is 0.556. The molecule has 0 aromatic carbocycles. The molecule has 2 unspecified atom stereocenters. The summed E-state index contributed by atoms with van der Waals surface area (Å²) >= 11 is 0. The first kappa shape index (κ1) is 7.07. The van der Waals surface area contributed by atoms with Crippen LogP contribution in [0.1, 0.15) is 0 Å². The van der Waals surface area contributed by atoms with Crippen molar-refractivity contribution in [2.45, 2.75) is 0 Å². The van der Waals surface area contributed by atoms with Crippen molar-refractivity contribution in [3.63, 3.8) is 0 Å². The molecule has 11 heavy (non-hydrogen) atoms. The molecule has 1 aliphatic heterocycles. The van der Waals surface area contributed by atoms with Gasteiger partial charge in [-0.1, -0.05) is 24.3 Å². The van der Waals surface area contributed by atoms with Gasteiger partial charge in [-0.05, 0) is 0 Å². The van der Waals surface area contributed by atoms with Crippen LogP contribution in [0.3, 0.4) is 0 Å². The molecule has 1 saturated heterocycles. The zero-order chi connectivity index (χ0) is 7.73. The van der Waals surface area contributed by atoms with Crippen LogP contribution < -0.4 is 11.1 Å². The Labute approximate surface area is 67.2 Å². The van der Waals surface area contributed by atoms with Crippen LogP contribution in [0, 0.1) is 11.3 Å². The number of allylic oxidation sites excluding steroid dienone is 2. The fourth-order valence-electron chi connectivity index (χ4n) is 1.87. The summed E-state index contributed by atoms with van der Waals surface area (Å²) in [5.74, 6) is 0.567. The highest BCUT2D eigenvalue weighted by molar-refractivity contribution is 5.23. The molecule has 0 amide bonds. The molecule has 2 rings (SSSR count). The summed E-state index contributed by atoms with van der Waals surface area (Å²) in [4.78, 5) is 0. The zero-order valence-corrected chi connectivity index (χ0v) is 6.53. The van der Waals surface area contributed by atoms with E-state index in [4.69, 9.17) is 5.73 Å². The molecule has 59 valence electrons. The highest BCUT2D eigenvalue weighted by Gasteiger charge is 2.39. The second-order valence-electron chi connectivity index (χ2n) is 3.35. The molecule has 0 saturated carbocycles. The van der Waals surface area contributed by atoms with E-state index in [0.717, 1.165) is 19.6 Å². The van der Waals surface area contributed by atoms with Crippen LogP contribution in [-0.4, -0.2) is 19.6 Å². The first-order valence-electron chi connectivity index (χ1n) is 4.07. The lowest BCUT2D eigenvalue weighted by atomic mass is 9.75. The van der Waals surface area contributed by atoms with Gasteiger partial charge in [-0.3, -0.25) is 0 Å². The summed E-state index contributed by atoms with van der Waals surface area (Å²) in [6, 6.07) is 0. The van der Waals surface area contributed by atoms with Gasteiger partial charge in [-0.2, -0.15) is 0 Å². The van der Waals surface area contributed by atoms with Crippen LogP contribution in [0.2, 0.25) is 0 Å². The molecule has 0 spiro atoms. The number of nitrogens with zero attached hydrogens (tertiary/aromatic N) is 1. The van der Waals surface area contributed by atoms with Gasteiger partial charge in [0, 0.05) is 31.0 Å². The third-order valence-electron chi connectivity index (χ3n) is 2.73. The molecule has 1 radical (unpaired) electrons. The Morgan fingerprint density at radius 2 is 2.45 bits per heavy atom. The Hall–Kier alpha value is -0.600. The van der Waals surface area contributed by atoms with E-state index in [1.807, 2.05) is 0 Å². The summed E-state index contributed by atoms with van der Waals surface area (Å²) < 4.78 is 0. The quantitative estimate of drug-likeness (QED) is 0.572. The summed E-state index contributed by atoms with van der Waals surface area (Å²) in [5, 5.41) is 4.39. The standard InChI is InChI=1S/C9H13N2/c10-6-9-4-2-1-3-8(9)5-11-7-9/h1-4,8H,5-7,10H2. The average molecular weight is 149 g/mol. The lowest BCUT2D eigenvalue weighted by Gasteiger charge is -2.29. The van der Waals surface area contributed by atoms with Crippen LogP contribution >= 0.6 is 0 Å². The number of hydrogen-bond acceptors (Lipinski definition) is 1. The van der Waals surface area contributed by atoms with Crippen molar-refractivity contribution in [1.29, 1.82) is 0 Å². The van der Waals surface area contributed by atoms with Crippen LogP contribution in [0.5, 0.6) is 0 Å². The van der Waals surface area contributed by atoms with Gasteiger partial charge < -0.3 is 5.73 Å².